The molecule has 0 radical (unpaired) electrons. The molecule has 0 atom stereocenters. The maximum absolute atomic E-state index is 12.0. The first-order valence-corrected chi connectivity index (χ1v) is 7.48. The van der Waals surface area contributed by atoms with E-state index in [9.17, 15) is 14.4 Å². The number of carbonyl (C=O) groups excluding carboxylic acids is 2. The number of thiazole rings is 1. The lowest BCUT2D eigenvalue weighted by Crippen LogP contribution is -2.10. The van der Waals surface area contributed by atoms with Gasteiger partial charge in [-0.1, -0.05) is 0 Å². The van der Waals surface area contributed by atoms with E-state index in [2.05, 4.69) is 15.6 Å². The van der Waals surface area contributed by atoms with Gasteiger partial charge in [-0.05, 0) is 12.1 Å². The quantitative estimate of drug-likeness (QED) is 0.779. The van der Waals surface area contributed by atoms with Crippen LogP contribution >= 0.6 is 22.7 Å². The minimum atomic E-state index is -0.976. The van der Waals surface area contributed by atoms with Crippen molar-refractivity contribution in [1.82, 2.24) is 4.98 Å². The number of hydrogen-bond acceptors (Lipinski definition) is 6. The highest BCUT2D eigenvalue weighted by atomic mass is 32.1. The zero-order valence-electron chi connectivity index (χ0n) is 10.9. The van der Waals surface area contributed by atoms with Crippen LogP contribution in [0.4, 0.5) is 10.1 Å². The molecule has 0 unspecified atom stereocenters. The molecule has 110 valence electrons. The number of carboxylic acid groups (broad SMARTS) is 1. The summed E-state index contributed by atoms with van der Waals surface area (Å²) in [5, 5.41) is 16.3. The molecule has 2 amide bonds. The molecule has 9 heteroatoms. The number of carboxylic acids is 1. The van der Waals surface area contributed by atoms with E-state index in [4.69, 9.17) is 5.11 Å². The fraction of sp³-hybridized carbons (Fsp3) is 0.167. The summed E-state index contributed by atoms with van der Waals surface area (Å²) in [6, 6.07) is 3.23. The highest BCUT2D eigenvalue weighted by Crippen LogP contribution is 2.24. The standard InChI is InChI=1S/C12H11N3O4S2/c1-6(16)13-9-3-2-8(21-9)11(19)15-12-14-7(5-20-12)4-10(17)18/h2-3,5H,4H2,1H3,(H,13,16)(H,17,18)(H,14,15,19). The van der Waals surface area contributed by atoms with Gasteiger partial charge < -0.3 is 10.4 Å². The van der Waals surface area contributed by atoms with Gasteiger partial charge in [-0.2, -0.15) is 0 Å². The first-order chi connectivity index (χ1) is 9.94. The van der Waals surface area contributed by atoms with Crippen molar-refractivity contribution in [1.29, 1.82) is 0 Å². The molecule has 0 aromatic carbocycles. The Morgan fingerprint density at radius 2 is 2.05 bits per heavy atom. The zero-order valence-corrected chi connectivity index (χ0v) is 12.5. The molecule has 3 N–H and O–H groups in total. The van der Waals surface area contributed by atoms with Gasteiger partial charge in [0.05, 0.1) is 22.0 Å². The van der Waals surface area contributed by atoms with E-state index in [0.717, 1.165) is 22.7 Å². The van der Waals surface area contributed by atoms with Crippen molar-refractivity contribution in [3.05, 3.63) is 28.1 Å². The van der Waals surface area contributed by atoms with Crippen LogP contribution in [0.25, 0.3) is 0 Å². The van der Waals surface area contributed by atoms with Crippen molar-refractivity contribution < 1.29 is 19.5 Å². The van der Waals surface area contributed by atoms with Crippen LogP contribution < -0.4 is 10.6 Å². The highest BCUT2D eigenvalue weighted by molar-refractivity contribution is 7.18. The second kappa shape index (κ2) is 6.46. The summed E-state index contributed by atoms with van der Waals surface area (Å²) in [4.78, 5) is 37.9. The summed E-state index contributed by atoms with van der Waals surface area (Å²) in [5.74, 6) is -1.54. The number of aliphatic carboxylic acids is 1. The number of amides is 2. The summed E-state index contributed by atoms with van der Waals surface area (Å²) >= 11 is 2.31. The molecule has 0 aliphatic rings. The number of thiophene rings is 1. The predicted octanol–water partition coefficient (Wildman–Crippen LogP) is 2.04. The van der Waals surface area contributed by atoms with E-state index in [1.165, 1.54) is 6.92 Å². The summed E-state index contributed by atoms with van der Waals surface area (Å²) in [6.07, 6.45) is -0.182. The second-order valence-electron chi connectivity index (χ2n) is 4.01. The average molecular weight is 325 g/mol. The van der Waals surface area contributed by atoms with Crippen molar-refractivity contribution in [2.24, 2.45) is 0 Å². The summed E-state index contributed by atoms with van der Waals surface area (Å²) in [5.41, 5.74) is 0.396. The molecular weight excluding hydrogens is 314 g/mol. The fourth-order valence-corrected chi connectivity index (χ4v) is 3.01. The van der Waals surface area contributed by atoms with Crippen molar-refractivity contribution in [2.45, 2.75) is 13.3 Å². The van der Waals surface area contributed by atoms with Crippen LogP contribution in [0.5, 0.6) is 0 Å². The highest BCUT2D eigenvalue weighted by Gasteiger charge is 2.13. The van der Waals surface area contributed by atoms with Crippen molar-refractivity contribution in [3.8, 4) is 0 Å². The Labute approximate surface area is 127 Å². The first-order valence-electron chi connectivity index (χ1n) is 5.79. The Balaban J connectivity index is 2.00. The number of nitrogens with one attached hydrogen (secondary N) is 2. The number of hydrogen-bond donors (Lipinski definition) is 3. The summed E-state index contributed by atoms with van der Waals surface area (Å²) < 4.78 is 0. The molecule has 21 heavy (non-hydrogen) atoms. The lowest BCUT2D eigenvalue weighted by Gasteiger charge is -1.98. The van der Waals surface area contributed by atoms with Gasteiger partial charge in [-0.15, -0.1) is 22.7 Å². The van der Waals surface area contributed by atoms with Gasteiger partial charge in [0.2, 0.25) is 5.91 Å². The Morgan fingerprint density at radius 3 is 2.71 bits per heavy atom. The van der Waals surface area contributed by atoms with Gasteiger partial charge in [0.1, 0.15) is 0 Å². The van der Waals surface area contributed by atoms with Crippen LogP contribution in [0.3, 0.4) is 0 Å². The van der Waals surface area contributed by atoms with Crippen molar-refractivity contribution in [2.75, 3.05) is 10.6 Å². The van der Waals surface area contributed by atoms with Gasteiger partial charge in [0.15, 0.2) is 5.13 Å². The van der Waals surface area contributed by atoms with Crippen LogP contribution in [-0.2, 0) is 16.0 Å². The van der Waals surface area contributed by atoms with Crippen molar-refractivity contribution >= 4 is 50.6 Å². The van der Waals surface area contributed by atoms with E-state index in [-0.39, 0.29) is 18.2 Å². The molecule has 2 rings (SSSR count). The maximum atomic E-state index is 12.0. The molecular formula is C12H11N3O4S2. The summed E-state index contributed by atoms with van der Waals surface area (Å²) in [6.45, 7) is 1.39. The number of anilines is 2. The average Bonchev–Trinajstić information content (AvgIpc) is 2.97. The van der Waals surface area contributed by atoms with Gasteiger partial charge in [0.25, 0.3) is 5.91 Å². The number of rotatable bonds is 5. The third-order valence-electron chi connectivity index (χ3n) is 2.23. The maximum Gasteiger partial charge on any atom is 0.309 e. The van der Waals surface area contributed by atoms with Crippen LogP contribution in [0.2, 0.25) is 0 Å². The van der Waals surface area contributed by atoms with E-state index in [0.29, 0.717) is 20.7 Å². The van der Waals surface area contributed by atoms with Crippen LogP contribution in [0, 0.1) is 0 Å². The number of aromatic nitrogens is 1. The largest absolute Gasteiger partial charge is 0.481 e. The van der Waals surface area contributed by atoms with E-state index < -0.39 is 5.97 Å². The van der Waals surface area contributed by atoms with E-state index in [1.807, 2.05) is 0 Å². The molecule has 2 heterocycles. The predicted molar refractivity (Wildman–Crippen MR) is 80.0 cm³/mol. The minimum absolute atomic E-state index is 0.182. The SMILES string of the molecule is CC(=O)Nc1ccc(C(=O)Nc2nc(CC(=O)O)cs2)s1. The first kappa shape index (κ1) is 15.1. The molecule has 0 saturated carbocycles. The van der Waals surface area contributed by atoms with Crippen molar-refractivity contribution in [3.63, 3.8) is 0 Å². The summed E-state index contributed by atoms with van der Waals surface area (Å²) in [7, 11) is 0. The lowest BCUT2D eigenvalue weighted by molar-refractivity contribution is -0.136. The van der Waals surface area contributed by atoms with E-state index >= 15 is 0 Å². The molecule has 0 fully saturated rings. The molecule has 0 aliphatic carbocycles. The normalized spacial score (nSPS) is 10.1. The molecule has 7 nitrogen and oxygen atoms in total. The Morgan fingerprint density at radius 1 is 1.29 bits per heavy atom. The molecule has 2 aromatic heterocycles. The molecule has 2 aromatic rings. The van der Waals surface area contributed by atoms with E-state index in [1.54, 1.807) is 17.5 Å². The third-order valence-corrected chi connectivity index (χ3v) is 4.04. The lowest BCUT2D eigenvalue weighted by atomic mass is 10.3. The van der Waals surface area contributed by atoms with Crippen LogP contribution in [0.15, 0.2) is 17.5 Å². The smallest absolute Gasteiger partial charge is 0.309 e. The third kappa shape index (κ3) is 4.36. The zero-order chi connectivity index (χ0) is 15.4. The number of carbonyl (C=O) groups is 3. The Bertz CT molecular complexity index is 692. The van der Waals surface area contributed by atoms with Crippen LogP contribution in [0.1, 0.15) is 22.3 Å². The van der Waals surface area contributed by atoms with Gasteiger partial charge in [0, 0.05) is 12.3 Å². The second-order valence-corrected chi connectivity index (χ2v) is 5.96. The monoisotopic (exact) mass is 325 g/mol. The molecule has 0 saturated heterocycles. The Kier molecular flexibility index (Phi) is 4.66. The van der Waals surface area contributed by atoms with Crippen LogP contribution in [-0.4, -0.2) is 27.9 Å². The van der Waals surface area contributed by atoms with Gasteiger partial charge in [-0.3, -0.25) is 19.7 Å². The minimum Gasteiger partial charge on any atom is -0.481 e. The topological polar surface area (TPSA) is 108 Å². The fourth-order valence-electron chi connectivity index (χ4n) is 1.46. The number of nitrogens with zero attached hydrogens (tertiary/aromatic N) is 1. The Hall–Kier alpha value is -2.26. The van der Waals surface area contributed by atoms with Gasteiger partial charge in [-0.25, -0.2) is 4.98 Å². The van der Waals surface area contributed by atoms with Gasteiger partial charge >= 0.3 is 5.97 Å². The molecule has 0 bridgehead atoms. The molecule has 0 spiro atoms. The molecule has 0 aliphatic heterocycles.